The van der Waals surface area contributed by atoms with Gasteiger partial charge in [0.1, 0.15) is 17.2 Å². The van der Waals surface area contributed by atoms with Crippen LogP contribution in [-0.2, 0) is 24.3 Å². The fourth-order valence-corrected chi connectivity index (χ4v) is 7.01. The highest BCUT2D eigenvalue weighted by Gasteiger charge is 2.45. The van der Waals surface area contributed by atoms with E-state index in [1.807, 2.05) is 15.9 Å². The molecule has 3 aliphatic heterocycles. The Hall–Kier alpha value is -4.06. The summed E-state index contributed by atoms with van der Waals surface area (Å²) in [6, 6.07) is 11.0. The summed E-state index contributed by atoms with van der Waals surface area (Å²) in [4.78, 5) is 29.0. The molecule has 12 heteroatoms. The van der Waals surface area contributed by atoms with Gasteiger partial charge in [0.2, 0.25) is 0 Å². The number of aromatic carboxylic acids is 1. The van der Waals surface area contributed by atoms with Crippen LogP contribution in [0.4, 0.5) is 18.0 Å². The van der Waals surface area contributed by atoms with E-state index in [1.165, 1.54) is 18.2 Å². The predicted octanol–water partition coefficient (Wildman–Crippen LogP) is 6.51. The second-order valence-corrected chi connectivity index (χ2v) is 12.1. The van der Waals surface area contributed by atoms with Gasteiger partial charge in [0.05, 0.1) is 18.3 Å². The fourth-order valence-electron chi connectivity index (χ4n) is 7.01. The minimum atomic E-state index is -4.85. The summed E-state index contributed by atoms with van der Waals surface area (Å²) in [5.74, 6) is -0.518. The van der Waals surface area contributed by atoms with Crippen LogP contribution in [0.25, 0.3) is 11.3 Å². The number of nitrogens with zero attached hydrogens (tertiary/aromatic N) is 3. The average Bonchev–Trinajstić information content (AvgIpc) is 3.70. The molecule has 1 saturated carbocycles. The van der Waals surface area contributed by atoms with Gasteiger partial charge < -0.3 is 28.9 Å². The first-order valence-electron chi connectivity index (χ1n) is 15.0. The molecular weight excluding hydrogens is 579 g/mol. The minimum absolute atomic E-state index is 0.0174. The molecule has 0 spiro atoms. The van der Waals surface area contributed by atoms with Crippen molar-refractivity contribution in [3.8, 4) is 17.0 Å². The standard InChI is InChI=1S/C32H32F3N3O6/c33-32(34,35)43-27-4-2-1-3-25(27)28-26(29(44-36-28)19-6-7-19)17-42-24-14-22-9-10-23(15-24)38(22)31(41)37-12-11-18-5-8-20(30(39)40)13-21(18)16-37/h1-5,8,13,19,22-24H,6-7,9-12,14-17H2,(H,39,40). The van der Waals surface area contributed by atoms with Crippen LogP contribution >= 0.6 is 0 Å². The number of para-hydroxylation sites is 1. The van der Waals surface area contributed by atoms with Crippen LogP contribution in [0.2, 0.25) is 0 Å². The Morgan fingerprint density at radius 1 is 1.02 bits per heavy atom. The van der Waals surface area contributed by atoms with E-state index < -0.39 is 12.3 Å². The topological polar surface area (TPSA) is 105 Å². The second-order valence-electron chi connectivity index (χ2n) is 12.1. The van der Waals surface area contributed by atoms with E-state index in [9.17, 15) is 27.9 Å². The molecule has 1 N–H and O–H groups in total. The van der Waals surface area contributed by atoms with Crippen molar-refractivity contribution in [3.05, 3.63) is 70.5 Å². The van der Waals surface area contributed by atoms with Gasteiger partial charge in [0.15, 0.2) is 0 Å². The zero-order chi connectivity index (χ0) is 30.6. The lowest BCUT2D eigenvalue weighted by Crippen LogP contribution is -2.54. The number of fused-ring (bicyclic) bond motifs is 3. The Morgan fingerprint density at radius 3 is 2.48 bits per heavy atom. The fraction of sp³-hybridized carbons (Fsp3) is 0.469. The van der Waals surface area contributed by atoms with Gasteiger partial charge in [-0.05, 0) is 80.3 Å². The molecule has 3 fully saturated rings. The van der Waals surface area contributed by atoms with Crippen molar-refractivity contribution in [2.24, 2.45) is 0 Å². The SMILES string of the molecule is O=C(O)c1ccc2c(c1)CN(C(=O)N1C3CCC1CC(OCc1c(-c4ccccc4OC(F)(F)F)noc1C1CC1)C3)CC2. The normalized spacial score (nSPS) is 23.0. The number of alkyl halides is 3. The van der Waals surface area contributed by atoms with Gasteiger partial charge in [-0.25, -0.2) is 9.59 Å². The Balaban J connectivity index is 1.04. The maximum atomic E-state index is 13.7. The van der Waals surface area contributed by atoms with Crippen molar-refractivity contribution in [1.82, 2.24) is 15.0 Å². The third kappa shape index (κ3) is 5.62. The maximum absolute atomic E-state index is 13.7. The molecule has 2 unspecified atom stereocenters. The summed E-state index contributed by atoms with van der Waals surface area (Å²) in [5, 5.41) is 13.6. The number of halogens is 3. The predicted molar refractivity (Wildman–Crippen MR) is 150 cm³/mol. The van der Waals surface area contributed by atoms with E-state index in [2.05, 4.69) is 9.89 Å². The number of carbonyl (C=O) groups excluding carboxylic acids is 1. The number of urea groups is 1. The van der Waals surface area contributed by atoms with Crippen molar-refractivity contribution in [2.75, 3.05) is 6.54 Å². The first-order valence-corrected chi connectivity index (χ1v) is 15.0. The van der Waals surface area contributed by atoms with Crippen LogP contribution in [-0.4, -0.2) is 63.2 Å². The van der Waals surface area contributed by atoms with Gasteiger partial charge in [0, 0.05) is 42.2 Å². The number of piperidine rings is 1. The summed E-state index contributed by atoms with van der Waals surface area (Å²) in [5.41, 5.74) is 3.28. The third-order valence-corrected chi connectivity index (χ3v) is 9.24. The highest BCUT2D eigenvalue weighted by Crippen LogP contribution is 2.46. The number of amides is 2. The van der Waals surface area contributed by atoms with Gasteiger partial charge >= 0.3 is 18.4 Å². The summed E-state index contributed by atoms with van der Waals surface area (Å²) < 4.78 is 55.7. The lowest BCUT2D eigenvalue weighted by atomic mass is 9.96. The minimum Gasteiger partial charge on any atom is -0.478 e. The first kappa shape index (κ1) is 28.7. The molecule has 9 nitrogen and oxygen atoms in total. The van der Waals surface area contributed by atoms with Crippen molar-refractivity contribution in [3.63, 3.8) is 0 Å². The molecule has 2 aromatic carbocycles. The molecule has 2 bridgehead atoms. The Morgan fingerprint density at radius 2 is 1.77 bits per heavy atom. The van der Waals surface area contributed by atoms with Gasteiger partial charge in [-0.1, -0.05) is 23.4 Å². The summed E-state index contributed by atoms with van der Waals surface area (Å²) in [7, 11) is 0. The van der Waals surface area contributed by atoms with E-state index in [0.29, 0.717) is 49.4 Å². The van der Waals surface area contributed by atoms with Gasteiger partial charge in [-0.3, -0.25) is 0 Å². The highest BCUT2D eigenvalue weighted by atomic mass is 19.4. The molecule has 2 saturated heterocycles. The molecule has 2 atom stereocenters. The first-order chi connectivity index (χ1) is 21.1. The molecule has 2 amide bonds. The van der Waals surface area contributed by atoms with Crippen LogP contribution in [0.1, 0.15) is 77.3 Å². The van der Waals surface area contributed by atoms with E-state index in [-0.39, 0.29) is 53.6 Å². The summed E-state index contributed by atoms with van der Waals surface area (Å²) in [6.45, 7) is 1.09. The average molecular weight is 612 g/mol. The number of hydrogen-bond donors (Lipinski definition) is 1. The molecule has 3 aromatic rings. The number of carbonyl (C=O) groups is 2. The van der Waals surface area contributed by atoms with Crippen molar-refractivity contribution >= 4 is 12.0 Å². The van der Waals surface area contributed by atoms with Crippen LogP contribution < -0.4 is 4.74 Å². The van der Waals surface area contributed by atoms with E-state index in [4.69, 9.17) is 9.26 Å². The number of carboxylic acids is 1. The molecule has 232 valence electrons. The molecule has 1 aromatic heterocycles. The zero-order valence-electron chi connectivity index (χ0n) is 23.9. The molecule has 4 aliphatic rings. The van der Waals surface area contributed by atoms with E-state index >= 15 is 0 Å². The largest absolute Gasteiger partial charge is 0.573 e. The van der Waals surface area contributed by atoms with E-state index in [1.54, 1.807) is 18.2 Å². The lowest BCUT2D eigenvalue weighted by Gasteiger charge is -2.42. The summed E-state index contributed by atoms with van der Waals surface area (Å²) >= 11 is 0. The van der Waals surface area contributed by atoms with Gasteiger partial charge in [-0.15, -0.1) is 13.2 Å². The van der Waals surface area contributed by atoms with Crippen LogP contribution in [0.15, 0.2) is 47.0 Å². The molecule has 1 aliphatic carbocycles. The van der Waals surface area contributed by atoms with Gasteiger partial charge in [-0.2, -0.15) is 0 Å². The number of rotatable bonds is 7. The van der Waals surface area contributed by atoms with Crippen LogP contribution in [0.5, 0.6) is 5.75 Å². The van der Waals surface area contributed by atoms with E-state index in [0.717, 1.165) is 36.8 Å². The summed E-state index contributed by atoms with van der Waals surface area (Å²) in [6.07, 6.45) is 0.601. The number of carboxylic acid groups (broad SMARTS) is 1. The zero-order valence-corrected chi connectivity index (χ0v) is 23.9. The Bertz CT molecular complexity index is 1570. The quantitative estimate of drug-likeness (QED) is 0.325. The van der Waals surface area contributed by atoms with Crippen molar-refractivity contribution in [1.29, 1.82) is 0 Å². The Labute approximate surface area is 251 Å². The molecule has 44 heavy (non-hydrogen) atoms. The number of hydrogen-bond acceptors (Lipinski definition) is 6. The Kier molecular flexibility index (Phi) is 7.26. The number of ether oxygens (including phenoxy) is 2. The molecule has 0 radical (unpaired) electrons. The monoisotopic (exact) mass is 611 g/mol. The number of benzene rings is 2. The molecule has 4 heterocycles. The molecular formula is C32H32F3N3O6. The molecule has 7 rings (SSSR count). The van der Waals surface area contributed by atoms with Crippen molar-refractivity contribution in [2.45, 2.75) is 88.6 Å². The number of aromatic nitrogens is 1. The third-order valence-electron chi connectivity index (χ3n) is 9.24. The smallest absolute Gasteiger partial charge is 0.478 e. The van der Waals surface area contributed by atoms with Crippen LogP contribution in [0, 0.1) is 0 Å². The lowest BCUT2D eigenvalue weighted by molar-refractivity contribution is -0.274. The second kappa shape index (κ2) is 11.1. The highest BCUT2D eigenvalue weighted by molar-refractivity contribution is 5.88. The van der Waals surface area contributed by atoms with Gasteiger partial charge in [0.25, 0.3) is 0 Å². The van der Waals surface area contributed by atoms with Crippen LogP contribution in [0.3, 0.4) is 0 Å². The van der Waals surface area contributed by atoms with Crippen molar-refractivity contribution < 1.29 is 41.9 Å². The maximum Gasteiger partial charge on any atom is 0.573 e.